The van der Waals surface area contributed by atoms with Gasteiger partial charge in [0.15, 0.2) is 0 Å². The van der Waals surface area contributed by atoms with Crippen LogP contribution in [0.25, 0.3) is 0 Å². The van der Waals surface area contributed by atoms with Crippen molar-refractivity contribution in [3.63, 3.8) is 0 Å². The molecule has 1 aliphatic heterocycles. The molecule has 2 atom stereocenters. The summed E-state index contributed by atoms with van der Waals surface area (Å²) in [6, 6.07) is 4.11. The Labute approximate surface area is 106 Å². The molecule has 1 fully saturated rings. The molecule has 0 amide bonds. The second-order valence-electron chi connectivity index (χ2n) is 4.75. The number of benzene rings is 1. The SMILES string of the molecule is COc1ccc(F)cc1C(NN)C1(C)CCCO1. The highest BCUT2D eigenvalue weighted by atomic mass is 19.1. The van der Waals surface area contributed by atoms with Gasteiger partial charge in [0, 0.05) is 12.2 Å². The zero-order valence-corrected chi connectivity index (χ0v) is 10.7. The molecule has 100 valence electrons. The van der Waals surface area contributed by atoms with Crippen molar-refractivity contribution in [3.05, 3.63) is 29.6 Å². The molecule has 2 unspecified atom stereocenters. The lowest BCUT2D eigenvalue weighted by atomic mass is 9.87. The van der Waals surface area contributed by atoms with Gasteiger partial charge in [-0.1, -0.05) is 0 Å². The highest BCUT2D eigenvalue weighted by Gasteiger charge is 2.40. The van der Waals surface area contributed by atoms with Crippen molar-refractivity contribution in [2.75, 3.05) is 13.7 Å². The van der Waals surface area contributed by atoms with Gasteiger partial charge in [-0.15, -0.1) is 0 Å². The lowest BCUT2D eigenvalue weighted by molar-refractivity contribution is -0.0131. The van der Waals surface area contributed by atoms with Gasteiger partial charge >= 0.3 is 0 Å². The van der Waals surface area contributed by atoms with E-state index in [-0.39, 0.29) is 11.9 Å². The molecule has 3 N–H and O–H groups in total. The largest absolute Gasteiger partial charge is 0.496 e. The molecule has 0 radical (unpaired) electrons. The van der Waals surface area contributed by atoms with Crippen molar-refractivity contribution in [2.24, 2.45) is 5.84 Å². The van der Waals surface area contributed by atoms with Gasteiger partial charge in [0.2, 0.25) is 0 Å². The first kappa shape index (κ1) is 13.3. The fraction of sp³-hybridized carbons (Fsp3) is 0.538. The fourth-order valence-electron chi connectivity index (χ4n) is 2.55. The standard InChI is InChI=1S/C13H19FN2O2/c1-13(6-3-7-18-13)12(16-15)10-8-9(14)4-5-11(10)17-2/h4-5,8,12,16H,3,6-7,15H2,1-2H3. The molecule has 1 aromatic carbocycles. The molecule has 1 saturated heterocycles. The summed E-state index contributed by atoms with van der Waals surface area (Å²) >= 11 is 0. The topological polar surface area (TPSA) is 56.5 Å². The first-order valence-corrected chi connectivity index (χ1v) is 6.04. The predicted molar refractivity (Wildman–Crippen MR) is 66.6 cm³/mol. The van der Waals surface area contributed by atoms with Crippen LogP contribution in [-0.4, -0.2) is 19.3 Å². The highest BCUT2D eigenvalue weighted by molar-refractivity contribution is 5.38. The molecule has 0 aliphatic carbocycles. The Bertz CT molecular complexity index is 419. The van der Waals surface area contributed by atoms with Crippen molar-refractivity contribution in [2.45, 2.75) is 31.4 Å². The van der Waals surface area contributed by atoms with Crippen molar-refractivity contribution < 1.29 is 13.9 Å². The number of nitrogens with two attached hydrogens (primary N) is 1. The summed E-state index contributed by atoms with van der Waals surface area (Å²) in [6.45, 7) is 2.68. The van der Waals surface area contributed by atoms with Crippen LogP contribution >= 0.6 is 0 Å². The first-order chi connectivity index (χ1) is 8.60. The van der Waals surface area contributed by atoms with Gasteiger partial charge in [-0.2, -0.15) is 0 Å². The van der Waals surface area contributed by atoms with E-state index in [2.05, 4.69) is 5.43 Å². The van der Waals surface area contributed by atoms with E-state index in [9.17, 15) is 4.39 Å². The summed E-state index contributed by atoms with van der Waals surface area (Å²) in [4.78, 5) is 0. The monoisotopic (exact) mass is 254 g/mol. The Hall–Kier alpha value is -1.17. The second-order valence-corrected chi connectivity index (χ2v) is 4.75. The minimum atomic E-state index is -0.435. The summed E-state index contributed by atoms with van der Waals surface area (Å²) in [7, 11) is 1.56. The number of hydrogen-bond donors (Lipinski definition) is 2. The first-order valence-electron chi connectivity index (χ1n) is 6.04. The zero-order valence-electron chi connectivity index (χ0n) is 10.7. The summed E-state index contributed by atoms with van der Waals surface area (Å²) in [5.41, 5.74) is 2.98. The van der Waals surface area contributed by atoms with E-state index in [4.69, 9.17) is 15.3 Å². The quantitative estimate of drug-likeness (QED) is 0.636. The van der Waals surface area contributed by atoms with Gasteiger partial charge in [0.1, 0.15) is 11.6 Å². The van der Waals surface area contributed by atoms with E-state index in [1.165, 1.54) is 12.1 Å². The van der Waals surface area contributed by atoms with Crippen molar-refractivity contribution >= 4 is 0 Å². The van der Waals surface area contributed by atoms with Crippen LogP contribution in [0, 0.1) is 5.82 Å². The van der Waals surface area contributed by atoms with Crippen LogP contribution in [0.4, 0.5) is 4.39 Å². The lowest BCUT2D eigenvalue weighted by Gasteiger charge is -2.33. The normalized spacial score (nSPS) is 25.1. The van der Waals surface area contributed by atoms with Crippen LogP contribution in [-0.2, 0) is 4.74 Å². The van der Waals surface area contributed by atoms with Crippen LogP contribution < -0.4 is 16.0 Å². The molecule has 5 heteroatoms. The number of hydrazine groups is 1. The molecule has 1 aliphatic rings. The fourth-order valence-corrected chi connectivity index (χ4v) is 2.55. The lowest BCUT2D eigenvalue weighted by Crippen LogP contribution is -2.44. The molecule has 1 heterocycles. The molecule has 2 rings (SSSR count). The summed E-state index contributed by atoms with van der Waals surface area (Å²) in [5, 5.41) is 0. The maximum absolute atomic E-state index is 13.4. The van der Waals surface area contributed by atoms with Crippen molar-refractivity contribution in [1.82, 2.24) is 5.43 Å². The minimum Gasteiger partial charge on any atom is -0.496 e. The van der Waals surface area contributed by atoms with Crippen molar-refractivity contribution in [1.29, 1.82) is 0 Å². The smallest absolute Gasteiger partial charge is 0.124 e. The molecule has 1 aromatic rings. The Morgan fingerprint density at radius 3 is 2.89 bits per heavy atom. The Balaban J connectivity index is 2.40. The highest BCUT2D eigenvalue weighted by Crippen LogP contribution is 2.40. The average molecular weight is 254 g/mol. The number of methoxy groups -OCH3 is 1. The number of rotatable bonds is 4. The predicted octanol–water partition coefficient (Wildman–Crippen LogP) is 1.91. The summed E-state index contributed by atoms with van der Waals surface area (Å²) < 4.78 is 24.5. The number of hydrogen-bond acceptors (Lipinski definition) is 4. The van der Waals surface area contributed by atoms with Gasteiger partial charge in [0.25, 0.3) is 0 Å². The third kappa shape index (κ3) is 2.34. The van der Waals surface area contributed by atoms with E-state index < -0.39 is 5.60 Å². The molecular formula is C13H19FN2O2. The van der Waals surface area contributed by atoms with Gasteiger partial charge in [-0.3, -0.25) is 5.84 Å². The van der Waals surface area contributed by atoms with Crippen LogP contribution in [0.5, 0.6) is 5.75 Å². The third-order valence-corrected chi connectivity index (χ3v) is 3.53. The van der Waals surface area contributed by atoms with E-state index in [0.717, 1.165) is 12.8 Å². The molecule has 0 spiro atoms. The second kappa shape index (κ2) is 5.22. The van der Waals surface area contributed by atoms with Crippen LogP contribution in [0.2, 0.25) is 0 Å². The summed E-state index contributed by atoms with van der Waals surface area (Å²) in [6.07, 6.45) is 1.86. The van der Waals surface area contributed by atoms with Crippen LogP contribution in [0.15, 0.2) is 18.2 Å². The number of nitrogens with one attached hydrogen (secondary N) is 1. The summed E-state index contributed by atoms with van der Waals surface area (Å²) in [5.74, 6) is 5.93. The van der Waals surface area contributed by atoms with E-state index in [1.807, 2.05) is 6.92 Å². The molecule has 18 heavy (non-hydrogen) atoms. The zero-order chi connectivity index (χ0) is 13.2. The Morgan fingerprint density at radius 1 is 1.56 bits per heavy atom. The maximum Gasteiger partial charge on any atom is 0.124 e. The maximum atomic E-state index is 13.4. The van der Waals surface area contributed by atoms with Gasteiger partial charge < -0.3 is 9.47 Å². The third-order valence-electron chi connectivity index (χ3n) is 3.53. The molecular weight excluding hydrogens is 235 g/mol. The van der Waals surface area contributed by atoms with E-state index in [1.54, 1.807) is 13.2 Å². The van der Waals surface area contributed by atoms with Crippen molar-refractivity contribution in [3.8, 4) is 5.75 Å². The van der Waals surface area contributed by atoms with Gasteiger partial charge in [-0.25, -0.2) is 9.82 Å². The Morgan fingerprint density at radius 2 is 2.33 bits per heavy atom. The minimum absolute atomic E-state index is 0.300. The number of ether oxygens (including phenoxy) is 2. The Kier molecular flexibility index (Phi) is 3.85. The van der Waals surface area contributed by atoms with E-state index in [0.29, 0.717) is 17.9 Å². The van der Waals surface area contributed by atoms with Crippen LogP contribution in [0.1, 0.15) is 31.4 Å². The molecule has 0 bridgehead atoms. The number of halogens is 1. The van der Waals surface area contributed by atoms with E-state index >= 15 is 0 Å². The van der Waals surface area contributed by atoms with Gasteiger partial charge in [-0.05, 0) is 38.0 Å². The average Bonchev–Trinajstić information content (AvgIpc) is 2.78. The van der Waals surface area contributed by atoms with Gasteiger partial charge in [0.05, 0.1) is 18.8 Å². The molecule has 0 saturated carbocycles. The molecule has 0 aromatic heterocycles. The molecule has 4 nitrogen and oxygen atoms in total. The van der Waals surface area contributed by atoms with Crippen LogP contribution in [0.3, 0.4) is 0 Å².